The Bertz CT molecular complexity index is 864. The summed E-state index contributed by atoms with van der Waals surface area (Å²) in [5.41, 5.74) is 2.02. The molecule has 2 rings (SSSR count). The predicted octanol–water partition coefficient (Wildman–Crippen LogP) is 5.09. The molecular formula is C21H26ClNO4S. The van der Waals surface area contributed by atoms with E-state index in [2.05, 4.69) is 4.72 Å². The van der Waals surface area contributed by atoms with Gasteiger partial charge in [0.2, 0.25) is 10.0 Å². The van der Waals surface area contributed by atoms with E-state index in [4.69, 9.17) is 16.7 Å². The van der Waals surface area contributed by atoms with Crippen molar-refractivity contribution in [2.45, 2.75) is 56.4 Å². The van der Waals surface area contributed by atoms with Gasteiger partial charge in [0, 0.05) is 17.5 Å². The third-order valence-corrected chi connectivity index (χ3v) is 6.27. The molecule has 0 aromatic heterocycles. The number of hydrogen-bond acceptors (Lipinski definition) is 3. The molecule has 1 unspecified atom stereocenters. The van der Waals surface area contributed by atoms with Gasteiger partial charge in [-0.05, 0) is 49.6 Å². The molecule has 0 heterocycles. The van der Waals surface area contributed by atoms with Crippen LogP contribution >= 0.6 is 11.6 Å². The van der Waals surface area contributed by atoms with E-state index in [0.29, 0.717) is 17.9 Å². The average Bonchev–Trinajstić information content (AvgIpc) is 2.64. The topological polar surface area (TPSA) is 83.5 Å². The summed E-state index contributed by atoms with van der Waals surface area (Å²) >= 11 is 5.86. The maximum atomic E-state index is 12.8. The highest BCUT2D eigenvalue weighted by atomic mass is 35.5. The first kappa shape index (κ1) is 22.4. The highest BCUT2D eigenvalue weighted by Crippen LogP contribution is 2.24. The lowest BCUT2D eigenvalue weighted by Crippen LogP contribution is -2.28. The van der Waals surface area contributed by atoms with E-state index in [0.717, 1.165) is 30.4 Å². The summed E-state index contributed by atoms with van der Waals surface area (Å²) in [5.74, 6) is -0.784. The molecule has 0 spiro atoms. The number of carboxylic acids is 1. The Balaban J connectivity index is 2.06. The Morgan fingerprint density at radius 2 is 1.61 bits per heavy atom. The smallest absolute Gasteiger partial charge is 0.303 e. The SMILES string of the molecule is Cc1ccc(C(CCCCCCC(=O)O)NS(=O)(=O)c2ccc(Cl)cc2)cc1. The van der Waals surface area contributed by atoms with Gasteiger partial charge in [-0.2, -0.15) is 0 Å². The molecular weight excluding hydrogens is 398 g/mol. The zero-order chi connectivity index (χ0) is 20.6. The Labute approximate surface area is 171 Å². The normalized spacial score (nSPS) is 12.6. The van der Waals surface area contributed by atoms with E-state index in [1.54, 1.807) is 12.1 Å². The van der Waals surface area contributed by atoms with E-state index in [1.165, 1.54) is 12.1 Å². The van der Waals surface area contributed by atoms with Gasteiger partial charge in [0.05, 0.1) is 4.90 Å². The molecule has 0 amide bonds. The molecule has 2 aromatic carbocycles. The molecule has 0 bridgehead atoms. The minimum atomic E-state index is -3.68. The van der Waals surface area contributed by atoms with Crippen LogP contribution in [-0.4, -0.2) is 19.5 Å². The first-order valence-corrected chi connectivity index (χ1v) is 11.2. The van der Waals surface area contributed by atoms with E-state index < -0.39 is 16.0 Å². The molecule has 152 valence electrons. The zero-order valence-electron chi connectivity index (χ0n) is 15.9. The molecule has 0 aliphatic heterocycles. The molecule has 28 heavy (non-hydrogen) atoms. The molecule has 0 radical (unpaired) electrons. The van der Waals surface area contributed by atoms with Gasteiger partial charge in [-0.25, -0.2) is 13.1 Å². The Hall–Kier alpha value is -1.89. The summed E-state index contributed by atoms with van der Waals surface area (Å²) in [6, 6.07) is 13.5. The number of sulfonamides is 1. The van der Waals surface area contributed by atoms with Crippen LogP contribution in [0.15, 0.2) is 53.4 Å². The summed E-state index contributed by atoms with van der Waals surface area (Å²) in [5, 5.41) is 9.18. The average molecular weight is 424 g/mol. The number of aliphatic carboxylic acids is 1. The van der Waals surface area contributed by atoms with Crippen LogP contribution in [0.2, 0.25) is 5.02 Å². The second-order valence-electron chi connectivity index (χ2n) is 6.89. The number of benzene rings is 2. The van der Waals surface area contributed by atoms with Gasteiger partial charge in [0.15, 0.2) is 0 Å². The third-order valence-electron chi connectivity index (χ3n) is 4.53. The van der Waals surface area contributed by atoms with Crippen LogP contribution in [0, 0.1) is 6.92 Å². The number of carboxylic acid groups (broad SMARTS) is 1. The molecule has 0 aliphatic rings. The molecule has 0 saturated carbocycles. The molecule has 5 nitrogen and oxygen atoms in total. The second-order valence-corrected chi connectivity index (χ2v) is 9.04. The molecule has 2 aromatic rings. The fourth-order valence-electron chi connectivity index (χ4n) is 2.94. The highest BCUT2D eigenvalue weighted by Gasteiger charge is 2.21. The van der Waals surface area contributed by atoms with Gasteiger partial charge >= 0.3 is 5.97 Å². The lowest BCUT2D eigenvalue weighted by Gasteiger charge is -2.20. The molecule has 0 fully saturated rings. The van der Waals surface area contributed by atoms with Gasteiger partial charge in [-0.1, -0.05) is 60.7 Å². The van der Waals surface area contributed by atoms with Crippen LogP contribution in [-0.2, 0) is 14.8 Å². The Morgan fingerprint density at radius 1 is 1.00 bits per heavy atom. The van der Waals surface area contributed by atoms with Gasteiger partial charge < -0.3 is 5.11 Å². The van der Waals surface area contributed by atoms with Crippen LogP contribution in [0.4, 0.5) is 0 Å². The summed E-state index contributed by atoms with van der Waals surface area (Å²) in [6.07, 6.45) is 3.94. The number of nitrogens with one attached hydrogen (secondary N) is 1. The van der Waals surface area contributed by atoms with Crippen LogP contribution in [0.25, 0.3) is 0 Å². The first-order valence-electron chi connectivity index (χ1n) is 9.34. The standard InChI is InChI=1S/C21H26ClNO4S/c1-16-8-10-17(11-9-16)20(6-4-2-3-5-7-21(24)25)23-28(26,27)19-14-12-18(22)13-15-19/h8-15,20,23H,2-7H2,1H3,(H,24,25). The van der Waals surface area contributed by atoms with Gasteiger partial charge in [0.1, 0.15) is 0 Å². The number of hydrogen-bond donors (Lipinski definition) is 2. The van der Waals surface area contributed by atoms with Crippen molar-refractivity contribution >= 4 is 27.6 Å². The van der Waals surface area contributed by atoms with Crippen LogP contribution in [0.3, 0.4) is 0 Å². The number of rotatable bonds is 11. The monoisotopic (exact) mass is 423 g/mol. The van der Waals surface area contributed by atoms with Crippen LogP contribution in [0.5, 0.6) is 0 Å². The first-order chi connectivity index (χ1) is 13.3. The molecule has 1 atom stereocenters. The van der Waals surface area contributed by atoms with E-state index in [1.807, 2.05) is 31.2 Å². The summed E-state index contributed by atoms with van der Waals surface area (Å²) in [4.78, 5) is 10.8. The van der Waals surface area contributed by atoms with Gasteiger partial charge in [-0.3, -0.25) is 4.79 Å². The van der Waals surface area contributed by atoms with E-state index >= 15 is 0 Å². The molecule has 0 aliphatic carbocycles. The van der Waals surface area contributed by atoms with Crippen LogP contribution < -0.4 is 4.72 Å². The third kappa shape index (κ3) is 7.26. The fourth-order valence-corrected chi connectivity index (χ4v) is 4.32. The van der Waals surface area contributed by atoms with Crippen molar-refractivity contribution in [3.05, 3.63) is 64.7 Å². The van der Waals surface area contributed by atoms with Gasteiger partial charge in [0.25, 0.3) is 0 Å². The zero-order valence-corrected chi connectivity index (χ0v) is 17.5. The van der Waals surface area contributed by atoms with Crippen molar-refractivity contribution in [2.24, 2.45) is 0 Å². The predicted molar refractivity (Wildman–Crippen MR) is 111 cm³/mol. The number of carbonyl (C=O) groups is 1. The maximum Gasteiger partial charge on any atom is 0.303 e. The number of unbranched alkanes of at least 4 members (excludes halogenated alkanes) is 3. The number of halogens is 1. The van der Waals surface area contributed by atoms with Crippen molar-refractivity contribution in [3.63, 3.8) is 0 Å². The van der Waals surface area contributed by atoms with E-state index in [9.17, 15) is 13.2 Å². The quantitative estimate of drug-likeness (QED) is 0.493. The van der Waals surface area contributed by atoms with E-state index in [-0.39, 0.29) is 17.4 Å². The van der Waals surface area contributed by atoms with Crippen molar-refractivity contribution in [1.29, 1.82) is 0 Å². The van der Waals surface area contributed by atoms with Gasteiger partial charge in [-0.15, -0.1) is 0 Å². The largest absolute Gasteiger partial charge is 0.481 e. The lowest BCUT2D eigenvalue weighted by molar-refractivity contribution is -0.137. The summed E-state index contributed by atoms with van der Waals surface area (Å²) < 4.78 is 28.4. The molecule has 0 saturated heterocycles. The lowest BCUT2D eigenvalue weighted by atomic mass is 10.00. The van der Waals surface area contributed by atoms with Crippen molar-refractivity contribution < 1.29 is 18.3 Å². The maximum absolute atomic E-state index is 12.8. The van der Waals surface area contributed by atoms with Crippen LogP contribution in [0.1, 0.15) is 55.7 Å². The summed E-state index contributed by atoms with van der Waals surface area (Å²) in [6.45, 7) is 1.99. The second kappa shape index (κ2) is 10.6. The Morgan fingerprint density at radius 3 is 2.21 bits per heavy atom. The molecule has 7 heteroatoms. The fraction of sp³-hybridized carbons (Fsp3) is 0.381. The molecule has 2 N–H and O–H groups in total. The summed E-state index contributed by atoms with van der Waals surface area (Å²) in [7, 11) is -3.68. The van der Waals surface area contributed by atoms with Crippen molar-refractivity contribution in [3.8, 4) is 0 Å². The van der Waals surface area contributed by atoms with Crippen molar-refractivity contribution in [2.75, 3.05) is 0 Å². The minimum absolute atomic E-state index is 0.171. The van der Waals surface area contributed by atoms with Crippen molar-refractivity contribution in [1.82, 2.24) is 4.72 Å². The minimum Gasteiger partial charge on any atom is -0.481 e. The Kier molecular flexibility index (Phi) is 8.48. The number of aryl methyl sites for hydroxylation is 1. The highest BCUT2D eigenvalue weighted by molar-refractivity contribution is 7.89.